The predicted octanol–water partition coefficient (Wildman–Crippen LogP) is 4.43. The Bertz CT molecular complexity index is 410. The zero-order chi connectivity index (χ0) is 16.3. The average molecular weight is 338 g/mol. The van der Waals surface area contributed by atoms with Gasteiger partial charge in [-0.05, 0) is 0 Å². The molecule has 3 nitrogen and oxygen atoms in total. The fourth-order valence-corrected chi connectivity index (χ4v) is 7.93. The molecule has 0 aliphatic rings. The summed E-state index contributed by atoms with van der Waals surface area (Å²) in [5.41, 5.74) is -5.36. The summed E-state index contributed by atoms with van der Waals surface area (Å²) in [6.07, 6.45) is 4.07. The molecule has 124 valence electrons. The number of halogens is 3. The van der Waals surface area contributed by atoms with Crippen LogP contribution in [-0.4, -0.2) is 40.1 Å². The van der Waals surface area contributed by atoms with Crippen LogP contribution in [0.25, 0.3) is 0 Å². The minimum absolute atomic E-state index is 0.191. The second-order valence-electron chi connectivity index (χ2n) is 6.54. The van der Waals surface area contributed by atoms with Crippen LogP contribution in [0.3, 0.4) is 0 Å². The first kappa shape index (κ1) is 20.1. The Morgan fingerprint density at radius 3 is 2.00 bits per heavy atom. The molecule has 0 saturated carbocycles. The normalized spacial score (nSPS) is 17.5. The van der Waals surface area contributed by atoms with E-state index in [1.807, 2.05) is 13.8 Å². The molecule has 0 fully saturated rings. The van der Waals surface area contributed by atoms with Crippen LogP contribution in [0.15, 0.2) is 0 Å². The zero-order valence-electron chi connectivity index (χ0n) is 12.8. The Labute approximate surface area is 120 Å². The maximum atomic E-state index is 12.5. The van der Waals surface area contributed by atoms with Crippen molar-refractivity contribution in [2.75, 3.05) is 26.2 Å². The third kappa shape index (κ3) is 6.72. The molecule has 20 heavy (non-hydrogen) atoms. The molecule has 0 bridgehead atoms. The average Bonchev–Trinajstić information content (AvgIpc) is 2.19. The predicted molar refractivity (Wildman–Crippen MR) is 78.9 cm³/mol. The summed E-state index contributed by atoms with van der Waals surface area (Å²) in [6.45, 7) is 5.23. The van der Waals surface area contributed by atoms with Crippen LogP contribution in [-0.2, 0) is 14.1 Å². The van der Waals surface area contributed by atoms with Crippen molar-refractivity contribution in [2.24, 2.45) is 5.92 Å². The molecular weight excluding hydrogens is 312 g/mol. The summed E-state index contributed by atoms with van der Waals surface area (Å²) < 4.78 is 64.5. The van der Waals surface area contributed by atoms with E-state index in [1.165, 1.54) is 20.0 Å². The molecule has 0 N–H and O–H groups in total. The van der Waals surface area contributed by atoms with Crippen LogP contribution in [0.1, 0.15) is 39.5 Å². The van der Waals surface area contributed by atoms with Crippen molar-refractivity contribution < 1.29 is 25.6 Å². The van der Waals surface area contributed by atoms with Crippen molar-refractivity contribution in [3.63, 3.8) is 0 Å². The molecule has 0 spiro atoms. The molecule has 1 atom stereocenters. The van der Waals surface area contributed by atoms with Crippen molar-refractivity contribution >= 4 is 16.9 Å². The van der Waals surface area contributed by atoms with Crippen molar-refractivity contribution in [3.05, 3.63) is 0 Å². The van der Waals surface area contributed by atoms with Gasteiger partial charge in [-0.3, -0.25) is 0 Å². The number of unbranched alkanes of at least 4 members (excludes halogenated alkanes) is 1. The summed E-state index contributed by atoms with van der Waals surface area (Å²) in [7, 11) is -5.53. The third-order valence-corrected chi connectivity index (χ3v) is 8.41. The van der Waals surface area contributed by atoms with Gasteiger partial charge >= 0.3 is 120 Å². The summed E-state index contributed by atoms with van der Waals surface area (Å²) in [5, 5.41) is 0. The van der Waals surface area contributed by atoms with E-state index >= 15 is 0 Å². The van der Waals surface area contributed by atoms with E-state index in [-0.39, 0.29) is 5.92 Å². The molecule has 0 rings (SSSR count). The van der Waals surface area contributed by atoms with Gasteiger partial charge in [0.2, 0.25) is 0 Å². The zero-order valence-corrected chi connectivity index (χ0v) is 14.5. The van der Waals surface area contributed by atoms with Gasteiger partial charge in [-0.2, -0.15) is 0 Å². The number of alkyl halides is 3. The van der Waals surface area contributed by atoms with E-state index in [9.17, 15) is 21.6 Å². The Morgan fingerprint density at radius 2 is 1.65 bits per heavy atom. The second kappa shape index (κ2) is 6.49. The number of hydrogen-bond donors (Lipinski definition) is 0. The number of hydrogen-bond acceptors (Lipinski definition) is 3. The maximum absolute atomic E-state index is 12.5. The summed E-state index contributed by atoms with van der Waals surface area (Å²) in [4.78, 5) is 0. The SMILES string of the molecule is CCCCC(CC)CP(C)(C)(C)OS(=O)(=O)C(F)(F)F. The molecule has 0 amide bonds. The molecule has 0 aromatic heterocycles. The molecule has 1 unspecified atom stereocenters. The first-order valence-corrected chi connectivity index (χ1v) is 11.8. The van der Waals surface area contributed by atoms with E-state index in [1.54, 1.807) is 0 Å². The molecule has 0 radical (unpaired) electrons. The monoisotopic (exact) mass is 338 g/mol. The quantitative estimate of drug-likeness (QED) is 0.486. The summed E-state index contributed by atoms with van der Waals surface area (Å²) in [6, 6.07) is 0. The van der Waals surface area contributed by atoms with Crippen LogP contribution in [0, 0.1) is 5.92 Å². The molecule has 0 aliphatic heterocycles. The van der Waals surface area contributed by atoms with Crippen molar-refractivity contribution in [3.8, 4) is 0 Å². The van der Waals surface area contributed by atoms with Gasteiger partial charge in [-0.25, -0.2) is 0 Å². The summed E-state index contributed by atoms with van der Waals surface area (Å²) >= 11 is 0. The van der Waals surface area contributed by atoms with E-state index in [0.717, 1.165) is 25.7 Å². The fraction of sp³-hybridized carbons (Fsp3) is 1.00. The van der Waals surface area contributed by atoms with Crippen molar-refractivity contribution in [1.29, 1.82) is 0 Å². The van der Waals surface area contributed by atoms with Gasteiger partial charge in [0.05, 0.1) is 0 Å². The van der Waals surface area contributed by atoms with E-state index in [4.69, 9.17) is 0 Å². The Morgan fingerprint density at radius 1 is 1.15 bits per heavy atom. The van der Waals surface area contributed by atoms with E-state index < -0.39 is 22.5 Å². The standard InChI is InChI=1S/C12H26F3O3PS/c1-6-8-9-11(7-2)10-19(3,4,5)18-20(16,17)12(13,14)15/h11H,6-10H2,1-5H3. The third-order valence-electron chi connectivity index (χ3n) is 3.08. The van der Waals surface area contributed by atoms with Gasteiger partial charge in [0, 0.05) is 0 Å². The first-order valence-electron chi connectivity index (χ1n) is 6.75. The van der Waals surface area contributed by atoms with Crippen LogP contribution >= 0.6 is 6.83 Å². The minimum atomic E-state index is -5.53. The van der Waals surface area contributed by atoms with Crippen LogP contribution < -0.4 is 0 Å². The summed E-state index contributed by atoms with van der Waals surface area (Å²) in [5.74, 6) is 0.191. The number of rotatable bonds is 8. The molecule has 0 aliphatic carbocycles. The van der Waals surface area contributed by atoms with E-state index in [2.05, 4.69) is 3.97 Å². The second-order valence-corrected chi connectivity index (χ2v) is 14.8. The molecule has 0 aromatic rings. The van der Waals surface area contributed by atoms with E-state index in [0.29, 0.717) is 6.16 Å². The van der Waals surface area contributed by atoms with Gasteiger partial charge in [0.1, 0.15) is 0 Å². The van der Waals surface area contributed by atoms with Gasteiger partial charge in [-0.15, -0.1) is 0 Å². The fourth-order valence-electron chi connectivity index (χ4n) is 2.23. The van der Waals surface area contributed by atoms with Gasteiger partial charge < -0.3 is 0 Å². The van der Waals surface area contributed by atoms with Crippen LogP contribution in [0.5, 0.6) is 0 Å². The van der Waals surface area contributed by atoms with Crippen molar-refractivity contribution in [2.45, 2.75) is 45.0 Å². The van der Waals surface area contributed by atoms with Crippen LogP contribution in [0.2, 0.25) is 0 Å². The first-order chi connectivity index (χ1) is 8.72. The Hall–Kier alpha value is 0.130. The van der Waals surface area contributed by atoms with Gasteiger partial charge in [0.15, 0.2) is 0 Å². The Balaban J connectivity index is 5.06. The van der Waals surface area contributed by atoms with Crippen LogP contribution in [0.4, 0.5) is 13.2 Å². The van der Waals surface area contributed by atoms with Gasteiger partial charge in [0.25, 0.3) is 0 Å². The molecule has 8 heteroatoms. The molecule has 0 heterocycles. The Kier molecular flexibility index (Phi) is 6.53. The van der Waals surface area contributed by atoms with Gasteiger partial charge in [-0.1, -0.05) is 0 Å². The topological polar surface area (TPSA) is 43.4 Å². The van der Waals surface area contributed by atoms with Crippen molar-refractivity contribution in [1.82, 2.24) is 0 Å². The molecule has 0 saturated heterocycles. The molecule has 0 aromatic carbocycles. The molecular formula is C12H26F3O3PS.